The van der Waals surface area contributed by atoms with Crippen molar-refractivity contribution >= 4 is 23.6 Å². The predicted molar refractivity (Wildman–Crippen MR) is 298 cm³/mol. The normalized spacial score (nSPS) is 12.0. The smallest absolute Gasteiger partial charge is 1.00 e. The summed E-state index contributed by atoms with van der Waals surface area (Å²) in [5, 5.41) is 5.69. The van der Waals surface area contributed by atoms with Gasteiger partial charge in [-0.3, -0.25) is 6.08 Å². The average Bonchev–Trinajstić information content (AvgIpc) is 3.88. The van der Waals surface area contributed by atoms with Crippen LogP contribution in [0.5, 0.6) is 0 Å². The van der Waals surface area contributed by atoms with E-state index < -0.39 is 8.07 Å². The molecule has 0 spiro atoms. The molecule has 10 rings (SSSR count). The molecule has 0 radical (unpaired) electrons. The summed E-state index contributed by atoms with van der Waals surface area (Å²) in [6.45, 7) is 7.24. The number of allylic oxidation sites excluding steroid dienone is 4. The molecule has 0 aromatic heterocycles. The quantitative estimate of drug-likeness (QED) is 0.0697. The van der Waals surface area contributed by atoms with E-state index in [1.54, 1.807) is 0 Å². The molecule has 1 aliphatic rings. The summed E-state index contributed by atoms with van der Waals surface area (Å²) in [5.74, 6) is 0. The van der Waals surface area contributed by atoms with Crippen molar-refractivity contribution in [2.45, 2.75) is 65.7 Å². The Kier molecular flexibility index (Phi) is 20.7. The zero-order valence-electron chi connectivity index (χ0n) is 42.7. The SMILES string of the molecule is CC(C)(C)C1=CC[C-]=C1[Si](c1cc(Cc2ccccc2)cc(Cc2ccccc2)c1)(c1cc(Cc2ccccc2)cc(Cc2ccccc2)c1)c1cc(Cc2ccccc2)cc(Cc2ccccc2)c1.[Cl-].[Cl-].[Cl-].[Ti+4]. The van der Waals surface area contributed by atoms with Gasteiger partial charge in [0.05, 0.1) is 0 Å². The van der Waals surface area contributed by atoms with Crippen LogP contribution in [0.3, 0.4) is 0 Å². The molecule has 74 heavy (non-hydrogen) atoms. The van der Waals surface area contributed by atoms with Gasteiger partial charge in [0.1, 0.15) is 8.07 Å². The van der Waals surface area contributed by atoms with E-state index in [9.17, 15) is 0 Å². The van der Waals surface area contributed by atoms with Crippen LogP contribution in [0.25, 0.3) is 0 Å². The fourth-order valence-electron chi connectivity index (χ4n) is 10.9. The molecule has 5 heteroatoms. The molecule has 0 saturated heterocycles. The number of hydrogen-bond acceptors (Lipinski definition) is 0. The van der Waals surface area contributed by atoms with Crippen LogP contribution >= 0.6 is 0 Å². The van der Waals surface area contributed by atoms with Gasteiger partial charge < -0.3 is 37.2 Å². The third-order valence-electron chi connectivity index (χ3n) is 14.0. The first-order valence-electron chi connectivity index (χ1n) is 25.2. The second-order valence-corrected chi connectivity index (χ2v) is 24.2. The maximum atomic E-state index is 4.25. The summed E-state index contributed by atoms with van der Waals surface area (Å²) in [7, 11) is -3.32. The molecule has 9 aromatic carbocycles. The van der Waals surface area contributed by atoms with Crippen molar-refractivity contribution < 1.29 is 58.9 Å². The van der Waals surface area contributed by atoms with Crippen molar-refractivity contribution in [2.75, 3.05) is 0 Å². The van der Waals surface area contributed by atoms with E-state index in [1.165, 1.54) is 93.1 Å². The van der Waals surface area contributed by atoms with Crippen LogP contribution in [0.1, 0.15) is 94.0 Å². The molecule has 0 nitrogen and oxygen atoms in total. The molecule has 368 valence electrons. The van der Waals surface area contributed by atoms with Crippen molar-refractivity contribution in [1.29, 1.82) is 0 Å². The van der Waals surface area contributed by atoms with Gasteiger partial charge in [-0.1, -0.05) is 263 Å². The molecule has 0 unspecified atom stereocenters. The summed E-state index contributed by atoms with van der Waals surface area (Å²) in [4.78, 5) is 0. The minimum atomic E-state index is -3.32. The van der Waals surface area contributed by atoms with Gasteiger partial charge in [0.2, 0.25) is 0 Å². The molecule has 0 heterocycles. The van der Waals surface area contributed by atoms with E-state index >= 15 is 0 Å². The van der Waals surface area contributed by atoms with E-state index in [-0.39, 0.29) is 64.4 Å². The largest absolute Gasteiger partial charge is 4.00 e. The number of halogens is 3. The number of rotatable bonds is 16. The van der Waals surface area contributed by atoms with Gasteiger partial charge >= 0.3 is 21.7 Å². The monoisotopic (exact) mass is 1070 g/mol. The summed E-state index contributed by atoms with van der Waals surface area (Å²) < 4.78 is 0. The summed E-state index contributed by atoms with van der Waals surface area (Å²) in [6.07, 6.45) is 12.7. The van der Waals surface area contributed by atoms with Crippen molar-refractivity contribution in [3.05, 3.63) is 326 Å². The van der Waals surface area contributed by atoms with Gasteiger partial charge in [0.15, 0.2) is 0 Å². The Bertz CT molecular complexity index is 2750. The van der Waals surface area contributed by atoms with Gasteiger partial charge in [-0.15, -0.1) is 6.42 Å². The van der Waals surface area contributed by atoms with Crippen LogP contribution in [0.2, 0.25) is 0 Å². The minimum Gasteiger partial charge on any atom is -1.00 e. The third kappa shape index (κ3) is 13.9. The average molecular weight is 1070 g/mol. The summed E-state index contributed by atoms with van der Waals surface area (Å²) >= 11 is 0. The Balaban J connectivity index is 0.00000223. The van der Waals surface area contributed by atoms with Gasteiger partial charge in [0.25, 0.3) is 0 Å². The first-order chi connectivity index (χ1) is 34.2. The van der Waals surface area contributed by atoms with Gasteiger partial charge in [-0.25, -0.2) is 5.20 Å². The van der Waals surface area contributed by atoms with E-state index in [4.69, 9.17) is 0 Å². The van der Waals surface area contributed by atoms with Crippen LogP contribution < -0.4 is 52.8 Å². The van der Waals surface area contributed by atoms with Crippen molar-refractivity contribution in [2.24, 2.45) is 5.41 Å². The van der Waals surface area contributed by atoms with Crippen molar-refractivity contribution in [1.82, 2.24) is 0 Å². The summed E-state index contributed by atoms with van der Waals surface area (Å²) in [6, 6.07) is 89.6. The van der Waals surface area contributed by atoms with Gasteiger partial charge in [-0.2, -0.15) is 11.6 Å². The first-order valence-corrected chi connectivity index (χ1v) is 27.2. The Morgan fingerprint density at radius 2 is 0.541 bits per heavy atom. The van der Waals surface area contributed by atoms with E-state index in [0.717, 1.165) is 44.9 Å². The molecule has 0 atom stereocenters. The Labute approximate surface area is 476 Å². The molecular formula is C69H63Cl3SiTi. The van der Waals surface area contributed by atoms with Gasteiger partial charge in [-0.05, 0) is 121 Å². The predicted octanol–water partition coefficient (Wildman–Crippen LogP) is 5.36. The molecule has 9 aromatic rings. The fourth-order valence-corrected chi connectivity index (χ4v) is 16.5. The summed E-state index contributed by atoms with van der Waals surface area (Å²) in [5.41, 5.74) is 17.3. The van der Waals surface area contributed by atoms with Crippen LogP contribution in [0.15, 0.2) is 253 Å². The maximum absolute atomic E-state index is 4.25. The molecule has 0 amide bonds. The number of benzene rings is 9. The Morgan fingerprint density at radius 1 is 0.324 bits per heavy atom. The fraction of sp³-hybridized carbons (Fsp3) is 0.159. The Hall–Kier alpha value is -5.74. The first kappa shape index (κ1) is 57.5. The maximum Gasteiger partial charge on any atom is 4.00 e. The topological polar surface area (TPSA) is 0 Å². The van der Waals surface area contributed by atoms with E-state index in [0.29, 0.717) is 0 Å². The zero-order chi connectivity index (χ0) is 47.8. The molecule has 0 aliphatic heterocycles. The second-order valence-electron chi connectivity index (χ2n) is 20.5. The van der Waals surface area contributed by atoms with E-state index in [2.05, 4.69) is 270 Å². The Morgan fingerprint density at radius 3 is 0.743 bits per heavy atom. The van der Waals surface area contributed by atoms with Crippen LogP contribution in [0.4, 0.5) is 0 Å². The van der Waals surface area contributed by atoms with Crippen LogP contribution in [-0.4, -0.2) is 8.07 Å². The number of hydrogen-bond donors (Lipinski definition) is 0. The van der Waals surface area contributed by atoms with Crippen molar-refractivity contribution in [3.8, 4) is 0 Å². The second kappa shape index (κ2) is 26.7. The van der Waals surface area contributed by atoms with Crippen LogP contribution in [0, 0.1) is 11.5 Å². The molecule has 0 bridgehead atoms. The minimum absolute atomic E-state index is 0. The molecule has 0 fully saturated rings. The van der Waals surface area contributed by atoms with E-state index in [1.807, 2.05) is 0 Å². The molecular weight excluding hydrogens is 1010 g/mol. The molecule has 0 N–H and O–H groups in total. The zero-order valence-corrected chi connectivity index (χ0v) is 47.5. The van der Waals surface area contributed by atoms with Crippen molar-refractivity contribution in [3.63, 3.8) is 0 Å². The third-order valence-corrected chi connectivity index (χ3v) is 18.7. The standard InChI is InChI=1S/C69H63Si.3ClH.Ti/c1-69(2,3)67-35-22-36-68(67)70(64-46-58(37-52-23-10-4-11-24-52)43-59(47-64)38-53-25-12-5-13-26-53,65-48-60(39-54-27-14-6-15-28-54)44-61(49-65)40-55-29-16-7-17-30-55)66-50-62(41-56-31-18-8-19-32-56)45-63(51-66)42-57-33-20-9-21-34-57;;;;/h4-21,23-35,43-51H,22,37-42H2,1-3H3;3*1H;/q-1;;;;+4/p-3. The van der Waals surface area contributed by atoms with Crippen LogP contribution in [-0.2, 0) is 60.2 Å². The molecule has 1 aliphatic carbocycles. The van der Waals surface area contributed by atoms with Gasteiger partial charge in [0, 0.05) is 0 Å². The molecule has 0 saturated carbocycles.